The van der Waals surface area contributed by atoms with Crippen molar-refractivity contribution in [3.8, 4) is 0 Å². The van der Waals surface area contributed by atoms with E-state index in [9.17, 15) is 14.4 Å². The highest BCUT2D eigenvalue weighted by Gasteiger charge is 2.26. The number of amides is 2. The molecule has 1 aliphatic rings. The van der Waals surface area contributed by atoms with Crippen LogP contribution in [0.4, 0.5) is 0 Å². The van der Waals surface area contributed by atoms with Gasteiger partial charge in [0, 0.05) is 31.0 Å². The standard InChI is InChI=1S/C18H20N4O3/c19-17(24)15-4-1-3-13(10-15)9-14-5-8-21(11-14)16(23)12-22-7-2-6-20-18(22)25/h1-4,6-7,10,14H,5,8-9,11-12H2,(H2,19,24). The molecule has 2 amide bonds. The number of nitrogens with zero attached hydrogens (tertiary/aromatic N) is 3. The van der Waals surface area contributed by atoms with Gasteiger partial charge in [0.25, 0.3) is 0 Å². The summed E-state index contributed by atoms with van der Waals surface area (Å²) in [7, 11) is 0. The minimum absolute atomic E-state index is 0.0105. The third-order valence-electron chi connectivity index (χ3n) is 4.46. The Balaban J connectivity index is 1.59. The summed E-state index contributed by atoms with van der Waals surface area (Å²) in [5.74, 6) is -0.187. The van der Waals surface area contributed by atoms with Crippen LogP contribution in [0.1, 0.15) is 22.3 Å². The molecule has 0 radical (unpaired) electrons. The van der Waals surface area contributed by atoms with E-state index in [1.54, 1.807) is 23.2 Å². The number of benzene rings is 1. The van der Waals surface area contributed by atoms with E-state index in [2.05, 4.69) is 4.98 Å². The first-order valence-electron chi connectivity index (χ1n) is 8.21. The van der Waals surface area contributed by atoms with Crippen LogP contribution in [0.5, 0.6) is 0 Å². The van der Waals surface area contributed by atoms with E-state index < -0.39 is 11.6 Å². The zero-order valence-electron chi connectivity index (χ0n) is 13.8. The van der Waals surface area contributed by atoms with Crippen LogP contribution < -0.4 is 11.4 Å². The quantitative estimate of drug-likeness (QED) is 0.853. The fourth-order valence-corrected chi connectivity index (χ4v) is 3.16. The Bertz CT molecular complexity index is 846. The highest BCUT2D eigenvalue weighted by atomic mass is 16.2. The second-order valence-electron chi connectivity index (χ2n) is 6.29. The normalized spacial score (nSPS) is 16.8. The summed E-state index contributed by atoms with van der Waals surface area (Å²) in [5, 5.41) is 0. The minimum atomic E-state index is -0.438. The largest absolute Gasteiger partial charge is 0.366 e. The lowest BCUT2D eigenvalue weighted by atomic mass is 9.97. The van der Waals surface area contributed by atoms with Crippen LogP contribution in [0.25, 0.3) is 0 Å². The van der Waals surface area contributed by atoms with Crippen molar-refractivity contribution >= 4 is 11.8 Å². The van der Waals surface area contributed by atoms with Gasteiger partial charge in [0.15, 0.2) is 0 Å². The summed E-state index contributed by atoms with van der Waals surface area (Å²) >= 11 is 0. The van der Waals surface area contributed by atoms with Crippen molar-refractivity contribution in [2.45, 2.75) is 19.4 Å². The molecule has 2 N–H and O–H groups in total. The lowest BCUT2D eigenvalue weighted by Gasteiger charge is -2.17. The van der Waals surface area contributed by atoms with Crippen molar-refractivity contribution in [1.82, 2.24) is 14.5 Å². The summed E-state index contributed by atoms with van der Waals surface area (Å²) in [6.45, 7) is 1.33. The first-order valence-corrected chi connectivity index (χ1v) is 8.21. The Morgan fingerprint density at radius 1 is 1.28 bits per heavy atom. The summed E-state index contributed by atoms with van der Waals surface area (Å²) in [5.41, 5.74) is 6.43. The van der Waals surface area contributed by atoms with Gasteiger partial charge < -0.3 is 10.6 Å². The summed E-state index contributed by atoms with van der Waals surface area (Å²) in [6, 6.07) is 8.92. The lowest BCUT2D eigenvalue weighted by Crippen LogP contribution is -2.35. The molecule has 0 aliphatic carbocycles. The first kappa shape index (κ1) is 16.9. The molecule has 7 heteroatoms. The Morgan fingerprint density at radius 2 is 2.12 bits per heavy atom. The van der Waals surface area contributed by atoms with Crippen LogP contribution in [0, 0.1) is 5.92 Å². The second-order valence-corrected chi connectivity index (χ2v) is 6.29. The number of aromatic nitrogens is 2. The monoisotopic (exact) mass is 340 g/mol. The molecular formula is C18H20N4O3. The van der Waals surface area contributed by atoms with Gasteiger partial charge in [0.05, 0.1) is 0 Å². The van der Waals surface area contributed by atoms with Gasteiger partial charge in [-0.3, -0.25) is 14.2 Å². The predicted octanol–water partition coefficient (Wildman–Crippen LogP) is 0.433. The molecule has 1 aliphatic heterocycles. The van der Waals surface area contributed by atoms with Crippen LogP contribution in [0.2, 0.25) is 0 Å². The molecule has 130 valence electrons. The van der Waals surface area contributed by atoms with E-state index in [0.717, 1.165) is 18.4 Å². The van der Waals surface area contributed by atoms with Crippen molar-refractivity contribution in [2.75, 3.05) is 13.1 Å². The smallest absolute Gasteiger partial charge is 0.347 e. The zero-order valence-corrected chi connectivity index (χ0v) is 13.8. The number of hydrogen-bond acceptors (Lipinski definition) is 4. The Labute approximate surface area is 145 Å². The molecule has 0 spiro atoms. The van der Waals surface area contributed by atoms with Crippen molar-refractivity contribution in [3.63, 3.8) is 0 Å². The van der Waals surface area contributed by atoms with Crippen molar-refractivity contribution in [3.05, 3.63) is 64.3 Å². The van der Waals surface area contributed by atoms with Gasteiger partial charge in [0.2, 0.25) is 11.8 Å². The van der Waals surface area contributed by atoms with E-state index >= 15 is 0 Å². The Kier molecular flexibility index (Phi) is 4.92. The minimum Gasteiger partial charge on any atom is -0.366 e. The molecule has 0 saturated carbocycles. The van der Waals surface area contributed by atoms with Crippen molar-refractivity contribution in [2.24, 2.45) is 11.7 Å². The number of rotatable bonds is 5. The zero-order chi connectivity index (χ0) is 17.8. The molecule has 2 aromatic rings. The third-order valence-corrected chi connectivity index (χ3v) is 4.46. The van der Waals surface area contributed by atoms with Crippen LogP contribution >= 0.6 is 0 Å². The van der Waals surface area contributed by atoms with Gasteiger partial charge in [-0.15, -0.1) is 0 Å². The summed E-state index contributed by atoms with van der Waals surface area (Å²) < 4.78 is 1.31. The molecule has 3 rings (SSSR count). The summed E-state index contributed by atoms with van der Waals surface area (Å²) in [6.07, 6.45) is 4.66. The topological polar surface area (TPSA) is 98.3 Å². The van der Waals surface area contributed by atoms with Gasteiger partial charge in [-0.2, -0.15) is 0 Å². The molecule has 1 aromatic heterocycles. The van der Waals surface area contributed by atoms with E-state index in [4.69, 9.17) is 5.73 Å². The van der Waals surface area contributed by atoms with E-state index in [1.165, 1.54) is 10.8 Å². The maximum Gasteiger partial charge on any atom is 0.347 e. The third kappa shape index (κ3) is 4.12. The summed E-state index contributed by atoms with van der Waals surface area (Å²) in [4.78, 5) is 40.7. The maximum atomic E-state index is 12.4. The fourth-order valence-electron chi connectivity index (χ4n) is 3.16. The molecule has 1 atom stereocenters. The Morgan fingerprint density at radius 3 is 2.88 bits per heavy atom. The van der Waals surface area contributed by atoms with Crippen LogP contribution in [0.15, 0.2) is 47.5 Å². The van der Waals surface area contributed by atoms with Gasteiger partial charge in [-0.25, -0.2) is 9.78 Å². The number of carbonyl (C=O) groups excluding carboxylic acids is 2. The molecule has 2 heterocycles. The fraction of sp³-hybridized carbons (Fsp3) is 0.333. The highest BCUT2D eigenvalue weighted by Crippen LogP contribution is 2.21. The average Bonchev–Trinajstić information content (AvgIpc) is 3.06. The van der Waals surface area contributed by atoms with Crippen LogP contribution in [-0.4, -0.2) is 39.4 Å². The van der Waals surface area contributed by atoms with Crippen LogP contribution in [-0.2, 0) is 17.8 Å². The van der Waals surface area contributed by atoms with Crippen molar-refractivity contribution in [1.29, 1.82) is 0 Å². The molecule has 1 saturated heterocycles. The molecule has 25 heavy (non-hydrogen) atoms. The molecule has 1 aromatic carbocycles. The van der Waals surface area contributed by atoms with Crippen LogP contribution in [0.3, 0.4) is 0 Å². The lowest BCUT2D eigenvalue weighted by molar-refractivity contribution is -0.131. The van der Waals surface area contributed by atoms with E-state index in [0.29, 0.717) is 24.6 Å². The van der Waals surface area contributed by atoms with E-state index in [1.807, 2.05) is 18.2 Å². The number of primary amides is 1. The van der Waals surface area contributed by atoms with Gasteiger partial charge in [-0.05, 0) is 42.5 Å². The molecule has 1 fully saturated rings. The molecule has 7 nitrogen and oxygen atoms in total. The predicted molar refractivity (Wildman–Crippen MR) is 91.8 cm³/mol. The SMILES string of the molecule is NC(=O)c1cccc(CC2CCN(C(=O)Cn3cccnc3=O)C2)c1. The molecule has 1 unspecified atom stereocenters. The van der Waals surface area contributed by atoms with Crippen molar-refractivity contribution < 1.29 is 9.59 Å². The molecular weight excluding hydrogens is 320 g/mol. The number of hydrogen-bond donors (Lipinski definition) is 1. The average molecular weight is 340 g/mol. The number of nitrogens with two attached hydrogens (primary N) is 1. The van der Waals surface area contributed by atoms with Gasteiger partial charge in [-0.1, -0.05) is 12.1 Å². The maximum absolute atomic E-state index is 12.4. The highest BCUT2D eigenvalue weighted by molar-refractivity contribution is 5.92. The Hall–Kier alpha value is -2.96. The van der Waals surface area contributed by atoms with Gasteiger partial charge >= 0.3 is 5.69 Å². The van der Waals surface area contributed by atoms with E-state index in [-0.39, 0.29) is 12.5 Å². The second kappa shape index (κ2) is 7.29. The number of carbonyl (C=O) groups is 2. The molecule has 0 bridgehead atoms. The van der Waals surface area contributed by atoms with Gasteiger partial charge in [0.1, 0.15) is 6.54 Å². The number of likely N-dealkylation sites (tertiary alicyclic amines) is 1. The first-order chi connectivity index (χ1) is 12.0.